The van der Waals surface area contributed by atoms with E-state index in [4.69, 9.17) is 9.15 Å². The summed E-state index contributed by atoms with van der Waals surface area (Å²) in [4.78, 5) is 0. The van der Waals surface area contributed by atoms with Crippen LogP contribution in [-0.4, -0.2) is 19.8 Å². The first-order valence-electron chi connectivity index (χ1n) is 6.67. The number of rotatable bonds is 5. The summed E-state index contributed by atoms with van der Waals surface area (Å²) < 4.78 is 11.2. The molecule has 1 aromatic rings. The number of ether oxygens (including phenoxy) is 1. The number of furan rings is 1. The Kier molecular flexibility index (Phi) is 4.63. The van der Waals surface area contributed by atoms with Crippen molar-refractivity contribution in [2.45, 2.75) is 39.2 Å². The van der Waals surface area contributed by atoms with Gasteiger partial charge in [-0.15, -0.1) is 0 Å². The van der Waals surface area contributed by atoms with Crippen molar-refractivity contribution in [3.05, 3.63) is 23.7 Å². The molecule has 2 heterocycles. The van der Waals surface area contributed by atoms with Gasteiger partial charge in [0.2, 0.25) is 0 Å². The average Bonchev–Trinajstić information content (AvgIpc) is 2.77. The smallest absolute Gasteiger partial charge is 0.121 e. The third-order valence-corrected chi connectivity index (χ3v) is 3.47. The normalized spacial score (nSPS) is 19.4. The second-order valence-corrected chi connectivity index (χ2v) is 4.85. The quantitative estimate of drug-likeness (QED) is 0.854. The van der Waals surface area contributed by atoms with Gasteiger partial charge in [-0.2, -0.15) is 0 Å². The predicted molar refractivity (Wildman–Crippen MR) is 68.0 cm³/mol. The third-order valence-electron chi connectivity index (χ3n) is 3.47. The molecule has 0 spiro atoms. The summed E-state index contributed by atoms with van der Waals surface area (Å²) >= 11 is 0. The topological polar surface area (TPSA) is 34.4 Å². The zero-order chi connectivity index (χ0) is 12.1. The molecule has 1 saturated heterocycles. The summed E-state index contributed by atoms with van der Waals surface area (Å²) in [6.45, 7) is 6.96. The van der Waals surface area contributed by atoms with E-state index >= 15 is 0 Å². The summed E-state index contributed by atoms with van der Waals surface area (Å²) in [5, 5.41) is 3.52. The molecule has 1 atom stereocenters. The summed E-state index contributed by atoms with van der Waals surface area (Å²) in [7, 11) is 0. The van der Waals surface area contributed by atoms with E-state index in [9.17, 15) is 0 Å². The van der Waals surface area contributed by atoms with Crippen LogP contribution in [0.25, 0.3) is 0 Å². The molecule has 96 valence electrons. The lowest BCUT2D eigenvalue weighted by atomic mass is 9.91. The lowest BCUT2D eigenvalue weighted by molar-refractivity contribution is 0.0597. The highest BCUT2D eigenvalue weighted by atomic mass is 16.5. The number of nitrogens with one attached hydrogen (secondary N) is 1. The van der Waals surface area contributed by atoms with Crippen molar-refractivity contribution >= 4 is 0 Å². The van der Waals surface area contributed by atoms with Crippen LogP contribution in [-0.2, 0) is 4.74 Å². The van der Waals surface area contributed by atoms with E-state index in [0.29, 0.717) is 6.04 Å². The molecule has 1 aliphatic rings. The van der Waals surface area contributed by atoms with Gasteiger partial charge < -0.3 is 14.5 Å². The van der Waals surface area contributed by atoms with Crippen molar-refractivity contribution in [1.82, 2.24) is 5.32 Å². The fourth-order valence-corrected chi connectivity index (χ4v) is 2.50. The van der Waals surface area contributed by atoms with Gasteiger partial charge in [0.15, 0.2) is 0 Å². The van der Waals surface area contributed by atoms with Gasteiger partial charge >= 0.3 is 0 Å². The zero-order valence-corrected chi connectivity index (χ0v) is 10.9. The number of hydrogen-bond donors (Lipinski definition) is 1. The Morgan fingerprint density at radius 3 is 2.71 bits per heavy atom. The molecule has 1 aliphatic heterocycles. The van der Waals surface area contributed by atoms with Gasteiger partial charge in [-0.3, -0.25) is 0 Å². The Balaban J connectivity index is 1.96. The maximum Gasteiger partial charge on any atom is 0.121 e. The Hall–Kier alpha value is -0.800. The van der Waals surface area contributed by atoms with E-state index < -0.39 is 0 Å². The van der Waals surface area contributed by atoms with Gasteiger partial charge in [0, 0.05) is 13.2 Å². The van der Waals surface area contributed by atoms with Crippen molar-refractivity contribution in [3.63, 3.8) is 0 Å². The number of aryl methyl sites for hydroxylation is 1. The van der Waals surface area contributed by atoms with Gasteiger partial charge in [0.25, 0.3) is 0 Å². The molecule has 0 radical (unpaired) electrons. The minimum absolute atomic E-state index is 0.358. The minimum Gasteiger partial charge on any atom is -0.465 e. The van der Waals surface area contributed by atoms with Gasteiger partial charge in [0.1, 0.15) is 11.5 Å². The molecule has 0 saturated carbocycles. The molecule has 1 aromatic heterocycles. The fourth-order valence-electron chi connectivity index (χ4n) is 2.50. The molecule has 1 unspecified atom stereocenters. The summed E-state index contributed by atoms with van der Waals surface area (Å²) in [6, 6.07) is 4.50. The highest BCUT2D eigenvalue weighted by Crippen LogP contribution is 2.28. The first-order chi connectivity index (χ1) is 8.29. The molecule has 0 bridgehead atoms. The van der Waals surface area contributed by atoms with E-state index in [0.717, 1.165) is 43.6 Å². The van der Waals surface area contributed by atoms with Crippen LogP contribution in [0, 0.1) is 12.8 Å². The maximum absolute atomic E-state index is 5.75. The van der Waals surface area contributed by atoms with Crippen LogP contribution in [0.3, 0.4) is 0 Å². The van der Waals surface area contributed by atoms with Crippen LogP contribution in [0.1, 0.15) is 43.7 Å². The lowest BCUT2D eigenvalue weighted by Crippen LogP contribution is -2.26. The van der Waals surface area contributed by atoms with E-state index in [1.807, 2.05) is 13.0 Å². The zero-order valence-electron chi connectivity index (χ0n) is 10.9. The van der Waals surface area contributed by atoms with Gasteiger partial charge in [-0.05, 0) is 50.8 Å². The van der Waals surface area contributed by atoms with E-state index in [2.05, 4.69) is 18.3 Å². The highest BCUT2D eigenvalue weighted by molar-refractivity contribution is 5.10. The Labute approximate surface area is 104 Å². The Morgan fingerprint density at radius 1 is 1.35 bits per heavy atom. The van der Waals surface area contributed by atoms with Crippen LogP contribution >= 0.6 is 0 Å². The van der Waals surface area contributed by atoms with Gasteiger partial charge in [-0.25, -0.2) is 0 Å². The summed E-state index contributed by atoms with van der Waals surface area (Å²) in [5.41, 5.74) is 0. The molecule has 1 fully saturated rings. The van der Waals surface area contributed by atoms with Gasteiger partial charge in [-0.1, -0.05) is 6.92 Å². The predicted octanol–water partition coefficient (Wildman–Crippen LogP) is 3.06. The fraction of sp³-hybridized carbons (Fsp3) is 0.714. The molecule has 0 aromatic carbocycles. The molecule has 1 N–H and O–H groups in total. The van der Waals surface area contributed by atoms with E-state index in [1.54, 1.807) is 0 Å². The van der Waals surface area contributed by atoms with Crippen molar-refractivity contribution in [3.8, 4) is 0 Å². The largest absolute Gasteiger partial charge is 0.465 e. The van der Waals surface area contributed by atoms with Crippen LogP contribution in [0.4, 0.5) is 0 Å². The standard InChI is InChI=1S/C14H23NO2/c1-3-15-13(14-5-4-11(2)17-14)10-12-6-8-16-9-7-12/h4-5,12-13,15H,3,6-10H2,1-2H3. The molecular formula is C14H23NO2. The molecule has 2 rings (SSSR count). The Bertz CT molecular complexity index is 329. The third kappa shape index (κ3) is 3.58. The minimum atomic E-state index is 0.358. The second-order valence-electron chi connectivity index (χ2n) is 4.85. The maximum atomic E-state index is 5.75. The molecule has 3 heteroatoms. The molecule has 0 aliphatic carbocycles. The number of hydrogen-bond acceptors (Lipinski definition) is 3. The lowest BCUT2D eigenvalue weighted by Gasteiger charge is -2.26. The molecular weight excluding hydrogens is 214 g/mol. The van der Waals surface area contributed by atoms with E-state index in [1.165, 1.54) is 12.8 Å². The van der Waals surface area contributed by atoms with Crippen molar-refractivity contribution in [2.24, 2.45) is 5.92 Å². The first kappa shape index (κ1) is 12.7. The SMILES string of the molecule is CCNC(CC1CCOCC1)c1ccc(C)o1. The summed E-state index contributed by atoms with van der Waals surface area (Å²) in [5.74, 6) is 2.84. The molecule has 3 nitrogen and oxygen atoms in total. The second kappa shape index (κ2) is 6.22. The highest BCUT2D eigenvalue weighted by Gasteiger charge is 2.21. The summed E-state index contributed by atoms with van der Waals surface area (Å²) in [6.07, 6.45) is 3.52. The monoisotopic (exact) mass is 237 g/mol. The average molecular weight is 237 g/mol. The molecule has 0 amide bonds. The first-order valence-corrected chi connectivity index (χ1v) is 6.67. The van der Waals surface area contributed by atoms with Crippen molar-refractivity contribution in [1.29, 1.82) is 0 Å². The van der Waals surface area contributed by atoms with Crippen LogP contribution in [0.15, 0.2) is 16.5 Å². The van der Waals surface area contributed by atoms with Crippen molar-refractivity contribution < 1.29 is 9.15 Å². The van der Waals surface area contributed by atoms with Crippen LogP contribution in [0.2, 0.25) is 0 Å². The van der Waals surface area contributed by atoms with Crippen molar-refractivity contribution in [2.75, 3.05) is 19.8 Å². The van der Waals surface area contributed by atoms with Crippen LogP contribution in [0.5, 0.6) is 0 Å². The van der Waals surface area contributed by atoms with Gasteiger partial charge in [0.05, 0.1) is 6.04 Å². The van der Waals surface area contributed by atoms with E-state index in [-0.39, 0.29) is 0 Å². The molecule has 17 heavy (non-hydrogen) atoms. The Morgan fingerprint density at radius 2 is 2.12 bits per heavy atom. The van der Waals surface area contributed by atoms with Crippen LogP contribution < -0.4 is 5.32 Å².